The molecule has 0 saturated carbocycles. The molecule has 15 heavy (non-hydrogen) atoms. The third kappa shape index (κ3) is 2.52. The molecular weight excluding hydrogens is 186 g/mol. The molecule has 3 atom stereocenters. The fourth-order valence-corrected chi connectivity index (χ4v) is 3.21. The Labute approximate surface area is 93.8 Å². The highest BCUT2D eigenvalue weighted by atomic mass is 15.2. The number of likely N-dealkylation sites (N-methyl/N-ethyl adjacent to an activating group) is 1. The van der Waals surface area contributed by atoms with Crippen LogP contribution in [0.4, 0.5) is 0 Å². The number of hydrogen-bond acceptors (Lipinski definition) is 3. The third-order valence-corrected chi connectivity index (χ3v) is 4.16. The van der Waals surface area contributed by atoms with E-state index in [0.717, 1.165) is 18.0 Å². The standard InChI is InChI=1S/C12H25N3/c1-10-8-14(3)6-5-12(10)15-7-4-11(9-15)13-2/h10-13H,4-9H2,1-3H3. The molecule has 3 heteroatoms. The van der Waals surface area contributed by atoms with Gasteiger partial charge in [-0.3, -0.25) is 4.90 Å². The lowest BCUT2D eigenvalue weighted by molar-refractivity contribution is 0.0913. The van der Waals surface area contributed by atoms with Crippen LogP contribution < -0.4 is 5.32 Å². The van der Waals surface area contributed by atoms with Gasteiger partial charge in [-0.15, -0.1) is 0 Å². The van der Waals surface area contributed by atoms with Gasteiger partial charge in [0.2, 0.25) is 0 Å². The summed E-state index contributed by atoms with van der Waals surface area (Å²) >= 11 is 0. The summed E-state index contributed by atoms with van der Waals surface area (Å²) in [6, 6.07) is 1.57. The van der Waals surface area contributed by atoms with Gasteiger partial charge in [-0.05, 0) is 39.4 Å². The Morgan fingerprint density at radius 3 is 2.53 bits per heavy atom. The normalized spacial score (nSPS) is 39.8. The molecule has 2 aliphatic heterocycles. The molecular formula is C12H25N3. The van der Waals surface area contributed by atoms with E-state index in [0.29, 0.717) is 0 Å². The van der Waals surface area contributed by atoms with Crippen molar-refractivity contribution in [2.45, 2.75) is 31.8 Å². The molecule has 0 aromatic rings. The average Bonchev–Trinajstić information content (AvgIpc) is 2.66. The largest absolute Gasteiger partial charge is 0.316 e. The van der Waals surface area contributed by atoms with Crippen LogP contribution in [0.15, 0.2) is 0 Å². The molecule has 2 aliphatic rings. The van der Waals surface area contributed by atoms with Gasteiger partial charge in [0.25, 0.3) is 0 Å². The van der Waals surface area contributed by atoms with Crippen molar-refractivity contribution < 1.29 is 0 Å². The zero-order chi connectivity index (χ0) is 10.8. The molecule has 3 unspecified atom stereocenters. The highest BCUT2D eigenvalue weighted by molar-refractivity contribution is 4.90. The molecule has 3 nitrogen and oxygen atoms in total. The Bertz CT molecular complexity index is 207. The molecule has 88 valence electrons. The van der Waals surface area contributed by atoms with Crippen LogP contribution in [-0.4, -0.2) is 62.2 Å². The Morgan fingerprint density at radius 1 is 1.13 bits per heavy atom. The number of rotatable bonds is 2. The predicted molar refractivity (Wildman–Crippen MR) is 64.1 cm³/mol. The van der Waals surface area contributed by atoms with Crippen LogP contribution >= 0.6 is 0 Å². The zero-order valence-electron chi connectivity index (χ0n) is 10.4. The molecule has 2 heterocycles. The number of hydrogen-bond donors (Lipinski definition) is 1. The van der Waals surface area contributed by atoms with E-state index in [1.54, 1.807) is 0 Å². The second-order valence-corrected chi connectivity index (χ2v) is 5.36. The van der Waals surface area contributed by atoms with E-state index in [-0.39, 0.29) is 0 Å². The van der Waals surface area contributed by atoms with Crippen LogP contribution in [0.3, 0.4) is 0 Å². The summed E-state index contributed by atoms with van der Waals surface area (Å²) in [7, 11) is 4.33. The summed E-state index contributed by atoms with van der Waals surface area (Å²) in [5.74, 6) is 0.833. The monoisotopic (exact) mass is 211 g/mol. The van der Waals surface area contributed by atoms with Crippen molar-refractivity contribution >= 4 is 0 Å². The van der Waals surface area contributed by atoms with E-state index < -0.39 is 0 Å². The number of likely N-dealkylation sites (tertiary alicyclic amines) is 2. The quantitative estimate of drug-likeness (QED) is 0.722. The number of nitrogens with zero attached hydrogens (tertiary/aromatic N) is 2. The Balaban J connectivity index is 1.88. The van der Waals surface area contributed by atoms with Crippen LogP contribution in [0.25, 0.3) is 0 Å². The summed E-state index contributed by atoms with van der Waals surface area (Å²) in [6.45, 7) is 7.51. The van der Waals surface area contributed by atoms with Gasteiger partial charge in [0.05, 0.1) is 0 Å². The fraction of sp³-hybridized carbons (Fsp3) is 1.00. The topological polar surface area (TPSA) is 18.5 Å². The molecule has 0 radical (unpaired) electrons. The molecule has 2 saturated heterocycles. The van der Waals surface area contributed by atoms with Crippen molar-refractivity contribution in [2.24, 2.45) is 5.92 Å². The molecule has 0 spiro atoms. The highest BCUT2D eigenvalue weighted by Crippen LogP contribution is 2.24. The minimum atomic E-state index is 0.733. The maximum absolute atomic E-state index is 3.40. The Morgan fingerprint density at radius 2 is 1.93 bits per heavy atom. The van der Waals surface area contributed by atoms with Gasteiger partial charge in [0.15, 0.2) is 0 Å². The van der Waals surface area contributed by atoms with Crippen LogP contribution in [0, 0.1) is 5.92 Å². The van der Waals surface area contributed by atoms with Crippen molar-refractivity contribution in [1.29, 1.82) is 0 Å². The van der Waals surface area contributed by atoms with Crippen molar-refractivity contribution in [2.75, 3.05) is 40.3 Å². The highest BCUT2D eigenvalue weighted by Gasteiger charge is 2.33. The first-order valence-corrected chi connectivity index (χ1v) is 6.30. The Kier molecular flexibility index (Phi) is 3.65. The van der Waals surface area contributed by atoms with E-state index in [2.05, 4.69) is 36.1 Å². The lowest BCUT2D eigenvalue weighted by Gasteiger charge is -2.40. The first-order valence-electron chi connectivity index (χ1n) is 6.30. The van der Waals surface area contributed by atoms with E-state index in [9.17, 15) is 0 Å². The van der Waals surface area contributed by atoms with Crippen LogP contribution in [-0.2, 0) is 0 Å². The van der Waals surface area contributed by atoms with E-state index in [1.165, 1.54) is 39.0 Å². The minimum Gasteiger partial charge on any atom is -0.316 e. The maximum Gasteiger partial charge on any atom is 0.0204 e. The van der Waals surface area contributed by atoms with Crippen LogP contribution in [0.1, 0.15) is 19.8 Å². The van der Waals surface area contributed by atoms with Crippen LogP contribution in [0.2, 0.25) is 0 Å². The molecule has 0 aromatic carbocycles. The van der Waals surface area contributed by atoms with Gasteiger partial charge in [0.1, 0.15) is 0 Å². The van der Waals surface area contributed by atoms with Gasteiger partial charge in [-0.1, -0.05) is 6.92 Å². The Hall–Kier alpha value is -0.120. The fourth-order valence-electron chi connectivity index (χ4n) is 3.21. The second kappa shape index (κ2) is 4.81. The van der Waals surface area contributed by atoms with Crippen molar-refractivity contribution in [3.8, 4) is 0 Å². The summed E-state index contributed by atoms with van der Waals surface area (Å²) in [5, 5.41) is 3.40. The first-order chi connectivity index (χ1) is 7.20. The number of piperidine rings is 1. The predicted octanol–water partition coefficient (Wildman–Crippen LogP) is 0.620. The molecule has 2 fully saturated rings. The summed E-state index contributed by atoms with van der Waals surface area (Å²) in [4.78, 5) is 5.17. The minimum absolute atomic E-state index is 0.733. The molecule has 0 bridgehead atoms. The van der Waals surface area contributed by atoms with E-state index >= 15 is 0 Å². The lowest BCUT2D eigenvalue weighted by Crippen LogP contribution is -2.48. The molecule has 1 N–H and O–H groups in total. The van der Waals surface area contributed by atoms with E-state index in [1.807, 2.05) is 0 Å². The summed E-state index contributed by atoms with van der Waals surface area (Å²) in [5.41, 5.74) is 0. The third-order valence-electron chi connectivity index (χ3n) is 4.16. The van der Waals surface area contributed by atoms with Crippen molar-refractivity contribution in [1.82, 2.24) is 15.1 Å². The SMILES string of the molecule is CNC1CCN(C2CCN(C)CC2C)C1. The molecule has 2 rings (SSSR count). The molecule has 0 aliphatic carbocycles. The summed E-state index contributed by atoms with van der Waals surface area (Å²) < 4.78 is 0. The molecule has 0 aromatic heterocycles. The first kappa shape index (κ1) is 11.4. The zero-order valence-corrected chi connectivity index (χ0v) is 10.4. The second-order valence-electron chi connectivity index (χ2n) is 5.36. The van der Waals surface area contributed by atoms with Gasteiger partial charge in [-0.2, -0.15) is 0 Å². The number of nitrogens with one attached hydrogen (secondary N) is 1. The smallest absolute Gasteiger partial charge is 0.0204 e. The van der Waals surface area contributed by atoms with Gasteiger partial charge in [0, 0.05) is 31.7 Å². The average molecular weight is 211 g/mol. The van der Waals surface area contributed by atoms with Crippen molar-refractivity contribution in [3.05, 3.63) is 0 Å². The summed E-state index contributed by atoms with van der Waals surface area (Å²) in [6.07, 6.45) is 2.68. The maximum atomic E-state index is 3.40. The molecule has 0 amide bonds. The van der Waals surface area contributed by atoms with E-state index in [4.69, 9.17) is 0 Å². The van der Waals surface area contributed by atoms with Gasteiger partial charge in [-0.25, -0.2) is 0 Å². The van der Waals surface area contributed by atoms with Gasteiger partial charge < -0.3 is 10.2 Å². The van der Waals surface area contributed by atoms with Crippen molar-refractivity contribution in [3.63, 3.8) is 0 Å². The van der Waals surface area contributed by atoms with Gasteiger partial charge >= 0.3 is 0 Å². The lowest BCUT2D eigenvalue weighted by atomic mass is 9.93. The van der Waals surface area contributed by atoms with Crippen LogP contribution in [0.5, 0.6) is 0 Å².